The first-order valence-electron chi connectivity index (χ1n) is 11.7. The summed E-state index contributed by atoms with van der Waals surface area (Å²) >= 11 is 0. The van der Waals surface area contributed by atoms with Crippen molar-refractivity contribution >= 4 is 40.6 Å². The van der Waals surface area contributed by atoms with Gasteiger partial charge < -0.3 is 20.3 Å². The molecule has 1 unspecified atom stereocenters. The zero-order chi connectivity index (χ0) is 25.7. The Morgan fingerprint density at radius 1 is 1.00 bits per heavy atom. The molecule has 3 aromatic carbocycles. The maximum Gasteiger partial charge on any atom is 0.338 e. The van der Waals surface area contributed by atoms with Gasteiger partial charge in [0.15, 0.2) is 0 Å². The fraction of sp³-hybridized carbons (Fsp3) is 0.214. The summed E-state index contributed by atoms with van der Waals surface area (Å²) in [5.41, 5.74) is 4.58. The van der Waals surface area contributed by atoms with Crippen LogP contribution in [0, 0.1) is 0 Å². The van der Waals surface area contributed by atoms with Crippen LogP contribution in [-0.2, 0) is 14.3 Å². The fourth-order valence-corrected chi connectivity index (χ4v) is 3.91. The number of nitrogens with one attached hydrogen (secondary N) is 2. The minimum Gasteiger partial charge on any atom is -0.462 e. The lowest BCUT2D eigenvalue weighted by Crippen LogP contribution is -2.28. The Kier molecular flexibility index (Phi) is 7.44. The minimum atomic E-state index is -0.644. The standard InChI is InChI=1S/C28H28N4O4/c1-4-36-28(35)19-10-15-22-23(16-19)31-27(34)25(22)26(18-8-6-5-7-9-18)30-21-13-11-20(12-14-21)29-17-24(33)32(2)3/h5-16,25,29H,4,17H2,1-3H3,(H,31,34). The number of fused-ring (bicyclic) bond motifs is 1. The number of esters is 1. The molecule has 184 valence electrons. The fourth-order valence-electron chi connectivity index (χ4n) is 3.91. The number of rotatable bonds is 8. The summed E-state index contributed by atoms with van der Waals surface area (Å²) in [6.07, 6.45) is 0. The summed E-state index contributed by atoms with van der Waals surface area (Å²) in [5.74, 6) is -1.32. The highest BCUT2D eigenvalue weighted by Crippen LogP contribution is 2.37. The van der Waals surface area contributed by atoms with Crippen LogP contribution in [-0.4, -0.2) is 55.6 Å². The van der Waals surface area contributed by atoms with Crippen molar-refractivity contribution in [2.75, 3.05) is 37.9 Å². The van der Waals surface area contributed by atoms with Crippen molar-refractivity contribution in [3.8, 4) is 0 Å². The van der Waals surface area contributed by atoms with E-state index in [-0.39, 0.29) is 25.0 Å². The highest BCUT2D eigenvalue weighted by molar-refractivity contribution is 6.24. The van der Waals surface area contributed by atoms with Gasteiger partial charge in [0, 0.05) is 25.5 Å². The lowest BCUT2D eigenvalue weighted by Gasteiger charge is -2.15. The van der Waals surface area contributed by atoms with E-state index in [9.17, 15) is 14.4 Å². The molecule has 1 heterocycles. The van der Waals surface area contributed by atoms with E-state index >= 15 is 0 Å². The molecule has 0 bridgehead atoms. The molecule has 8 heteroatoms. The number of amides is 2. The van der Waals surface area contributed by atoms with E-state index in [2.05, 4.69) is 10.6 Å². The molecule has 36 heavy (non-hydrogen) atoms. The van der Waals surface area contributed by atoms with Crippen molar-refractivity contribution in [2.24, 2.45) is 4.99 Å². The summed E-state index contributed by atoms with van der Waals surface area (Å²) in [5, 5.41) is 5.99. The molecule has 8 nitrogen and oxygen atoms in total. The van der Waals surface area contributed by atoms with Gasteiger partial charge in [0.1, 0.15) is 5.92 Å². The van der Waals surface area contributed by atoms with E-state index in [0.29, 0.717) is 22.6 Å². The summed E-state index contributed by atoms with van der Waals surface area (Å²) in [6.45, 7) is 2.21. The Bertz CT molecular complexity index is 1300. The molecular weight excluding hydrogens is 456 g/mol. The van der Waals surface area contributed by atoms with Gasteiger partial charge in [-0.2, -0.15) is 0 Å². The van der Waals surface area contributed by atoms with Crippen LogP contribution in [0.2, 0.25) is 0 Å². The van der Waals surface area contributed by atoms with Gasteiger partial charge in [0.25, 0.3) is 0 Å². The van der Waals surface area contributed by atoms with Crippen LogP contribution in [0.15, 0.2) is 77.8 Å². The zero-order valence-corrected chi connectivity index (χ0v) is 20.4. The third-order valence-electron chi connectivity index (χ3n) is 5.80. The van der Waals surface area contributed by atoms with Gasteiger partial charge in [-0.15, -0.1) is 0 Å². The number of hydrogen-bond donors (Lipinski definition) is 2. The molecule has 0 saturated carbocycles. The quantitative estimate of drug-likeness (QED) is 0.368. The molecule has 0 aliphatic carbocycles. The highest BCUT2D eigenvalue weighted by atomic mass is 16.5. The van der Waals surface area contributed by atoms with Crippen molar-refractivity contribution in [3.63, 3.8) is 0 Å². The number of benzene rings is 3. The first kappa shape index (κ1) is 24.7. The number of anilines is 2. The summed E-state index contributed by atoms with van der Waals surface area (Å²) < 4.78 is 5.09. The molecule has 2 amide bonds. The monoisotopic (exact) mass is 484 g/mol. The van der Waals surface area contributed by atoms with Crippen molar-refractivity contribution in [1.82, 2.24) is 4.90 Å². The Balaban J connectivity index is 1.67. The molecule has 0 aromatic heterocycles. The molecule has 0 fully saturated rings. The molecule has 0 spiro atoms. The first-order valence-corrected chi connectivity index (χ1v) is 11.7. The lowest BCUT2D eigenvalue weighted by atomic mass is 9.90. The normalized spacial score (nSPS) is 14.6. The van der Waals surface area contributed by atoms with Crippen LogP contribution in [0.3, 0.4) is 0 Å². The maximum atomic E-state index is 13.1. The lowest BCUT2D eigenvalue weighted by molar-refractivity contribution is -0.126. The molecular formula is C28H28N4O4. The second-order valence-corrected chi connectivity index (χ2v) is 8.50. The Morgan fingerprint density at radius 3 is 2.39 bits per heavy atom. The van der Waals surface area contributed by atoms with E-state index < -0.39 is 11.9 Å². The van der Waals surface area contributed by atoms with Gasteiger partial charge in [-0.1, -0.05) is 36.4 Å². The van der Waals surface area contributed by atoms with E-state index in [0.717, 1.165) is 16.8 Å². The molecule has 1 aliphatic rings. The van der Waals surface area contributed by atoms with E-state index in [1.54, 1.807) is 39.2 Å². The van der Waals surface area contributed by atoms with E-state index in [1.807, 2.05) is 54.6 Å². The highest BCUT2D eigenvalue weighted by Gasteiger charge is 2.36. The van der Waals surface area contributed by atoms with Crippen LogP contribution in [0.1, 0.15) is 34.3 Å². The topological polar surface area (TPSA) is 100 Å². The van der Waals surface area contributed by atoms with Gasteiger partial charge in [-0.05, 0) is 54.4 Å². The number of ether oxygens (including phenoxy) is 1. The number of hydrogen-bond acceptors (Lipinski definition) is 6. The average molecular weight is 485 g/mol. The van der Waals surface area contributed by atoms with E-state index in [1.165, 1.54) is 4.90 Å². The predicted octanol–water partition coefficient (Wildman–Crippen LogP) is 4.22. The zero-order valence-electron chi connectivity index (χ0n) is 20.4. The SMILES string of the molecule is CCOC(=O)c1ccc2c(c1)NC(=O)C2C(=Nc1ccc(NCC(=O)N(C)C)cc1)c1ccccc1. The van der Waals surface area contributed by atoms with Crippen LogP contribution in [0.5, 0.6) is 0 Å². The van der Waals surface area contributed by atoms with Crippen molar-refractivity contribution in [1.29, 1.82) is 0 Å². The molecule has 1 atom stereocenters. The third kappa shape index (κ3) is 5.43. The Hall–Kier alpha value is -4.46. The maximum absolute atomic E-state index is 13.1. The average Bonchev–Trinajstić information content (AvgIpc) is 3.21. The number of carbonyl (C=O) groups excluding carboxylic acids is 3. The summed E-state index contributed by atoms with van der Waals surface area (Å²) in [6, 6.07) is 22.0. The van der Waals surface area contributed by atoms with Gasteiger partial charge in [0.2, 0.25) is 11.8 Å². The van der Waals surface area contributed by atoms with Crippen molar-refractivity contribution in [3.05, 3.63) is 89.5 Å². The van der Waals surface area contributed by atoms with Crippen LogP contribution in [0.25, 0.3) is 0 Å². The molecule has 2 N–H and O–H groups in total. The predicted molar refractivity (Wildman–Crippen MR) is 140 cm³/mol. The van der Waals surface area contributed by atoms with Gasteiger partial charge in [-0.25, -0.2) is 4.79 Å². The first-order chi connectivity index (χ1) is 17.4. The molecule has 1 aliphatic heterocycles. The second kappa shape index (κ2) is 10.9. The minimum absolute atomic E-state index is 0.0273. The second-order valence-electron chi connectivity index (χ2n) is 8.50. The number of nitrogens with zero attached hydrogens (tertiary/aromatic N) is 2. The number of aliphatic imine (C=N–C) groups is 1. The van der Waals surface area contributed by atoms with Crippen molar-refractivity contribution in [2.45, 2.75) is 12.8 Å². The number of likely N-dealkylation sites (N-methyl/N-ethyl adjacent to an activating group) is 1. The van der Waals surface area contributed by atoms with Gasteiger partial charge in [0.05, 0.1) is 30.1 Å². The molecule has 0 radical (unpaired) electrons. The largest absolute Gasteiger partial charge is 0.462 e. The van der Waals surface area contributed by atoms with Crippen LogP contribution in [0.4, 0.5) is 17.1 Å². The van der Waals surface area contributed by atoms with Crippen LogP contribution < -0.4 is 10.6 Å². The molecule has 0 saturated heterocycles. The van der Waals surface area contributed by atoms with E-state index in [4.69, 9.17) is 9.73 Å². The smallest absolute Gasteiger partial charge is 0.338 e. The summed E-state index contributed by atoms with van der Waals surface area (Å²) in [4.78, 5) is 43.5. The van der Waals surface area contributed by atoms with Crippen LogP contribution >= 0.6 is 0 Å². The van der Waals surface area contributed by atoms with Gasteiger partial charge >= 0.3 is 5.97 Å². The van der Waals surface area contributed by atoms with Gasteiger partial charge in [-0.3, -0.25) is 14.6 Å². The molecule has 3 aromatic rings. The third-order valence-corrected chi connectivity index (χ3v) is 5.80. The Labute approximate surface area is 210 Å². The Morgan fingerprint density at radius 2 is 1.72 bits per heavy atom. The number of carbonyl (C=O) groups is 3. The van der Waals surface area contributed by atoms with Crippen molar-refractivity contribution < 1.29 is 19.1 Å². The molecule has 4 rings (SSSR count). The summed E-state index contributed by atoms with van der Waals surface area (Å²) in [7, 11) is 3.42.